The van der Waals surface area contributed by atoms with E-state index in [1.165, 1.54) is 5.56 Å². The van der Waals surface area contributed by atoms with E-state index in [2.05, 4.69) is 26.7 Å². The molecule has 7 nitrogen and oxygen atoms in total. The Hall–Kier alpha value is -3.07. The predicted molar refractivity (Wildman–Crippen MR) is 133 cm³/mol. The fourth-order valence-corrected chi connectivity index (χ4v) is 6.40. The van der Waals surface area contributed by atoms with E-state index in [4.69, 9.17) is 0 Å². The first-order chi connectivity index (χ1) is 16.5. The first-order valence-electron chi connectivity index (χ1n) is 11.6. The van der Waals surface area contributed by atoms with Crippen LogP contribution in [0.25, 0.3) is 12.2 Å². The average Bonchev–Trinajstić information content (AvgIpc) is 3.26. The van der Waals surface area contributed by atoms with Crippen LogP contribution < -0.4 is 10.6 Å². The lowest BCUT2D eigenvalue weighted by atomic mass is 10.0. The summed E-state index contributed by atoms with van der Waals surface area (Å²) in [6, 6.07) is 12.8. The first-order valence-corrected chi connectivity index (χ1v) is 13.2. The molecule has 8 heteroatoms. The van der Waals surface area contributed by atoms with Crippen LogP contribution in [0, 0.1) is 0 Å². The minimum absolute atomic E-state index is 0.321. The highest BCUT2D eigenvalue weighted by atomic mass is 32.2. The molecule has 0 radical (unpaired) electrons. The quantitative estimate of drug-likeness (QED) is 0.496. The molecular formula is C26H28N4O3S. The highest BCUT2D eigenvalue weighted by Crippen LogP contribution is 2.33. The lowest BCUT2D eigenvalue weighted by molar-refractivity contribution is 0.180. The van der Waals surface area contributed by atoms with Crippen LogP contribution in [0.1, 0.15) is 47.6 Å². The van der Waals surface area contributed by atoms with Crippen molar-refractivity contribution in [2.45, 2.75) is 41.9 Å². The number of aromatic nitrogens is 2. The lowest BCUT2D eigenvalue weighted by Gasteiger charge is -2.22. The van der Waals surface area contributed by atoms with Crippen LogP contribution in [0.5, 0.6) is 0 Å². The molecule has 176 valence electrons. The van der Waals surface area contributed by atoms with Gasteiger partial charge in [-0.05, 0) is 79.7 Å². The van der Waals surface area contributed by atoms with E-state index in [1.807, 2.05) is 24.3 Å². The number of anilines is 2. The number of sulfone groups is 1. The van der Waals surface area contributed by atoms with Crippen LogP contribution in [0.4, 0.5) is 11.6 Å². The van der Waals surface area contributed by atoms with Crippen LogP contribution in [0.15, 0.2) is 59.8 Å². The third kappa shape index (κ3) is 4.75. The van der Waals surface area contributed by atoms with Gasteiger partial charge in [0.2, 0.25) is 5.95 Å². The van der Waals surface area contributed by atoms with E-state index in [-0.39, 0.29) is 11.4 Å². The van der Waals surface area contributed by atoms with Crippen LogP contribution in [0.2, 0.25) is 0 Å². The number of aliphatic hydroxyl groups is 1. The summed E-state index contributed by atoms with van der Waals surface area (Å²) in [5.74, 6) is 0.440. The van der Waals surface area contributed by atoms with Crippen molar-refractivity contribution in [3.05, 3.63) is 77.1 Å². The molecule has 3 N–H and O–H groups in total. The van der Waals surface area contributed by atoms with Crippen molar-refractivity contribution in [2.75, 3.05) is 18.4 Å². The largest absolute Gasteiger partial charge is 0.388 e. The van der Waals surface area contributed by atoms with E-state index in [0.717, 1.165) is 48.3 Å². The standard InChI is InChI=1S/C26H28N4O3S/c31-25-11-10-23-19(2-1-3-24(23)25)5-4-18-16-28-26(29-17-18)30-20-6-8-21(9-7-20)34(32,33)22-12-14-27-15-13-22/h1-9,16-17,22,25,27,31H,10-15H2,(H,28,29,30)/b5-4+. The van der Waals surface area contributed by atoms with Crippen LogP contribution in [-0.2, 0) is 16.3 Å². The minimum atomic E-state index is -3.31. The molecule has 1 fully saturated rings. The van der Waals surface area contributed by atoms with E-state index in [1.54, 1.807) is 36.7 Å². The summed E-state index contributed by atoms with van der Waals surface area (Å²) < 4.78 is 25.7. The van der Waals surface area contributed by atoms with E-state index < -0.39 is 9.84 Å². The molecule has 1 aliphatic carbocycles. The smallest absolute Gasteiger partial charge is 0.227 e. The Labute approximate surface area is 199 Å². The van der Waals surface area contributed by atoms with Crippen molar-refractivity contribution in [2.24, 2.45) is 0 Å². The Bertz CT molecular complexity index is 1280. The summed E-state index contributed by atoms with van der Waals surface area (Å²) in [6.45, 7) is 1.48. The van der Waals surface area contributed by atoms with Gasteiger partial charge in [-0.15, -0.1) is 0 Å². The molecule has 2 aliphatic rings. The van der Waals surface area contributed by atoms with Crippen molar-refractivity contribution in [1.29, 1.82) is 0 Å². The summed E-state index contributed by atoms with van der Waals surface area (Å²) in [4.78, 5) is 9.11. The summed E-state index contributed by atoms with van der Waals surface area (Å²) in [5.41, 5.74) is 4.93. The van der Waals surface area contributed by atoms with Crippen LogP contribution >= 0.6 is 0 Å². The van der Waals surface area contributed by atoms with Crippen molar-refractivity contribution in [3.63, 3.8) is 0 Å². The van der Waals surface area contributed by atoms with Gasteiger partial charge in [0.1, 0.15) is 0 Å². The Balaban J connectivity index is 1.24. The molecular weight excluding hydrogens is 448 g/mol. The topological polar surface area (TPSA) is 104 Å². The molecule has 3 aromatic rings. The molecule has 2 aromatic carbocycles. The molecule has 1 unspecified atom stereocenters. The molecule has 0 spiro atoms. The van der Waals surface area contributed by atoms with Crippen molar-refractivity contribution in [1.82, 2.24) is 15.3 Å². The minimum Gasteiger partial charge on any atom is -0.388 e. The zero-order valence-electron chi connectivity index (χ0n) is 18.8. The summed E-state index contributed by atoms with van der Waals surface area (Å²) in [6.07, 6.45) is 10.0. The van der Waals surface area contributed by atoms with E-state index in [0.29, 0.717) is 23.7 Å². The fourth-order valence-electron chi connectivity index (χ4n) is 4.65. The zero-order valence-corrected chi connectivity index (χ0v) is 19.6. The molecule has 34 heavy (non-hydrogen) atoms. The van der Waals surface area contributed by atoms with Crippen molar-refractivity contribution in [3.8, 4) is 0 Å². The highest BCUT2D eigenvalue weighted by molar-refractivity contribution is 7.92. The molecule has 0 amide bonds. The second-order valence-electron chi connectivity index (χ2n) is 8.79. The van der Waals surface area contributed by atoms with Gasteiger partial charge in [0, 0.05) is 23.6 Å². The second-order valence-corrected chi connectivity index (χ2v) is 11.0. The van der Waals surface area contributed by atoms with Gasteiger partial charge in [-0.2, -0.15) is 0 Å². The van der Waals surface area contributed by atoms with Crippen molar-refractivity contribution >= 4 is 33.6 Å². The number of nitrogens with one attached hydrogen (secondary N) is 2. The number of aliphatic hydroxyl groups excluding tert-OH is 1. The first kappa shape index (κ1) is 22.7. The summed E-state index contributed by atoms with van der Waals surface area (Å²) >= 11 is 0. The van der Waals surface area contributed by atoms with Gasteiger partial charge in [-0.1, -0.05) is 30.4 Å². The molecule has 0 bridgehead atoms. The van der Waals surface area contributed by atoms with Gasteiger partial charge in [0.25, 0.3) is 0 Å². The average molecular weight is 477 g/mol. The van der Waals surface area contributed by atoms with E-state index >= 15 is 0 Å². The van der Waals surface area contributed by atoms with Gasteiger partial charge < -0.3 is 15.7 Å². The van der Waals surface area contributed by atoms with Crippen LogP contribution in [-0.4, -0.2) is 41.8 Å². The number of piperidine rings is 1. The normalized spacial score (nSPS) is 18.8. The van der Waals surface area contributed by atoms with Gasteiger partial charge >= 0.3 is 0 Å². The zero-order chi connectivity index (χ0) is 23.5. The second kappa shape index (κ2) is 9.66. The maximum absolute atomic E-state index is 12.8. The molecule has 0 saturated carbocycles. The molecule has 1 saturated heterocycles. The number of benzene rings is 2. The molecule has 1 aromatic heterocycles. The monoisotopic (exact) mass is 476 g/mol. The molecule has 1 aliphatic heterocycles. The number of rotatable bonds is 6. The number of fused-ring (bicyclic) bond motifs is 1. The molecule has 2 heterocycles. The summed E-state index contributed by atoms with van der Waals surface area (Å²) in [7, 11) is -3.31. The van der Waals surface area contributed by atoms with E-state index in [9.17, 15) is 13.5 Å². The Morgan fingerprint density at radius 1 is 0.971 bits per heavy atom. The lowest BCUT2D eigenvalue weighted by Crippen LogP contribution is -2.35. The van der Waals surface area contributed by atoms with Gasteiger partial charge in [0.15, 0.2) is 9.84 Å². The van der Waals surface area contributed by atoms with Gasteiger partial charge in [-0.3, -0.25) is 0 Å². The maximum Gasteiger partial charge on any atom is 0.227 e. The van der Waals surface area contributed by atoms with Gasteiger partial charge in [0.05, 0.1) is 16.2 Å². The number of hydrogen-bond donors (Lipinski definition) is 3. The third-order valence-corrected chi connectivity index (χ3v) is 8.84. The number of hydrogen-bond acceptors (Lipinski definition) is 7. The summed E-state index contributed by atoms with van der Waals surface area (Å²) in [5, 5.41) is 16.1. The molecule has 1 atom stereocenters. The third-order valence-electron chi connectivity index (χ3n) is 6.57. The Morgan fingerprint density at radius 3 is 2.44 bits per heavy atom. The Kier molecular flexibility index (Phi) is 6.45. The van der Waals surface area contributed by atoms with Crippen molar-refractivity contribution < 1.29 is 13.5 Å². The number of nitrogens with zero attached hydrogens (tertiary/aromatic N) is 2. The maximum atomic E-state index is 12.8. The Morgan fingerprint density at radius 2 is 1.71 bits per heavy atom. The molecule has 5 rings (SSSR count). The SMILES string of the molecule is O=S(=O)(c1ccc(Nc2ncc(/C=C/c3cccc4c3CCC4O)cn2)cc1)C1CCNCC1. The highest BCUT2D eigenvalue weighted by Gasteiger charge is 2.28. The predicted octanol–water partition coefficient (Wildman–Crippen LogP) is 3.90. The van der Waals surface area contributed by atoms with Gasteiger partial charge in [-0.25, -0.2) is 18.4 Å². The van der Waals surface area contributed by atoms with Crippen LogP contribution in [0.3, 0.4) is 0 Å². The fraction of sp³-hybridized carbons (Fsp3) is 0.308.